The zero-order chi connectivity index (χ0) is 16.4. The molecule has 0 radical (unpaired) electrons. The Morgan fingerprint density at radius 3 is 3.04 bits per heavy atom. The number of benzene rings is 1. The third-order valence-corrected chi connectivity index (χ3v) is 4.40. The van der Waals surface area contributed by atoms with Gasteiger partial charge in [-0.25, -0.2) is 14.5 Å². The van der Waals surface area contributed by atoms with Crippen LogP contribution in [0.25, 0.3) is 0 Å². The van der Waals surface area contributed by atoms with Crippen LogP contribution in [-0.4, -0.2) is 26.8 Å². The number of hydrogen-bond donors (Lipinski definition) is 2. The smallest absolute Gasteiger partial charge is 0.315 e. The topological polar surface area (TPSA) is 71.8 Å². The van der Waals surface area contributed by atoms with Crippen LogP contribution in [0, 0.1) is 13.8 Å². The van der Waals surface area contributed by atoms with Gasteiger partial charge in [0, 0.05) is 18.0 Å². The second kappa shape index (κ2) is 6.58. The largest absolute Gasteiger partial charge is 0.334 e. The number of fused-ring (bicyclic) bond motifs is 1. The van der Waals surface area contributed by atoms with Crippen LogP contribution in [0.3, 0.4) is 0 Å². The van der Waals surface area contributed by atoms with Gasteiger partial charge in [-0.3, -0.25) is 0 Å². The fraction of sp³-hybridized carbons (Fsp3) is 0.438. The Morgan fingerprint density at radius 2 is 2.26 bits per heavy atom. The first-order chi connectivity index (χ1) is 11.0. The SMILES string of the molecule is Cc1nc2n(n1)C[C@H](NC(=O)NCc1ccc(Cl)c(C)c1)CC2. The van der Waals surface area contributed by atoms with Crippen LogP contribution in [0.1, 0.15) is 29.2 Å². The maximum absolute atomic E-state index is 12.1. The molecule has 1 aliphatic rings. The Morgan fingerprint density at radius 1 is 1.43 bits per heavy atom. The summed E-state index contributed by atoms with van der Waals surface area (Å²) < 4.78 is 1.88. The fourth-order valence-corrected chi connectivity index (χ4v) is 2.90. The van der Waals surface area contributed by atoms with E-state index in [1.54, 1.807) is 0 Å². The highest BCUT2D eigenvalue weighted by Gasteiger charge is 2.22. The molecule has 0 fully saturated rings. The summed E-state index contributed by atoms with van der Waals surface area (Å²) in [6.45, 7) is 4.98. The molecule has 2 aromatic rings. The molecular formula is C16H20ClN5O. The number of carbonyl (C=O) groups excluding carboxylic acids is 1. The van der Waals surface area contributed by atoms with Crippen LogP contribution in [0.5, 0.6) is 0 Å². The molecule has 3 rings (SSSR count). The number of hydrogen-bond acceptors (Lipinski definition) is 3. The first-order valence-corrected chi connectivity index (χ1v) is 8.09. The highest BCUT2D eigenvalue weighted by atomic mass is 35.5. The number of aromatic nitrogens is 3. The molecule has 0 unspecified atom stereocenters. The summed E-state index contributed by atoms with van der Waals surface area (Å²) >= 11 is 6.00. The summed E-state index contributed by atoms with van der Waals surface area (Å²) in [6, 6.07) is 5.66. The first-order valence-electron chi connectivity index (χ1n) is 7.71. The average molecular weight is 334 g/mol. The van der Waals surface area contributed by atoms with Gasteiger partial charge >= 0.3 is 6.03 Å². The summed E-state index contributed by atoms with van der Waals surface area (Å²) in [5.74, 6) is 1.78. The Balaban J connectivity index is 1.51. The molecule has 2 amide bonds. The maximum atomic E-state index is 12.1. The van der Waals surface area contributed by atoms with Crippen LogP contribution in [0.15, 0.2) is 18.2 Å². The molecule has 122 valence electrons. The molecule has 7 heteroatoms. The van der Waals surface area contributed by atoms with Crippen LogP contribution in [0.4, 0.5) is 4.79 Å². The minimum absolute atomic E-state index is 0.0792. The summed E-state index contributed by atoms with van der Waals surface area (Å²) in [4.78, 5) is 16.4. The number of halogens is 1. The van der Waals surface area contributed by atoms with Crippen molar-refractivity contribution in [3.63, 3.8) is 0 Å². The number of amides is 2. The number of carbonyl (C=O) groups is 1. The standard InChI is InChI=1S/C16H20ClN5O/c1-10-7-12(3-5-14(10)17)8-18-16(23)20-13-4-6-15-19-11(2)21-22(15)9-13/h3,5,7,13H,4,6,8-9H2,1-2H3,(H2,18,20,23)/t13-/m1/s1. The summed E-state index contributed by atoms with van der Waals surface area (Å²) in [5.41, 5.74) is 2.03. The maximum Gasteiger partial charge on any atom is 0.315 e. The van der Waals surface area contributed by atoms with Crippen molar-refractivity contribution in [3.8, 4) is 0 Å². The normalized spacial score (nSPS) is 16.7. The van der Waals surface area contributed by atoms with Crippen molar-refractivity contribution in [1.82, 2.24) is 25.4 Å². The van der Waals surface area contributed by atoms with E-state index in [0.29, 0.717) is 13.1 Å². The lowest BCUT2D eigenvalue weighted by atomic mass is 10.1. The molecule has 0 bridgehead atoms. The van der Waals surface area contributed by atoms with E-state index in [2.05, 4.69) is 20.7 Å². The summed E-state index contributed by atoms with van der Waals surface area (Å²) in [5, 5.41) is 11.0. The Hall–Kier alpha value is -2.08. The molecule has 23 heavy (non-hydrogen) atoms. The third-order valence-electron chi connectivity index (χ3n) is 3.97. The predicted molar refractivity (Wildman–Crippen MR) is 88.4 cm³/mol. The van der Waals surface area contributed by atoms with Crippen LogP contribution in [0.2, 0.25) is 5.02 Å². The van der Waals surface area contributed by atoms with E-state index in [0.717, 1.165) is 40.6 Å². The van der Waals surface area contributed by atoms with E-state index < -0.39 is 0 Å². The van der Waals surface area contributed by atoms with Gasteiger partial charge in [-0.15, -0.1) is 0 Å². The minimum Gasteiger partial charge on any atom is -0.334 e. The van der Waals surface area contributed by atoms with Gasteiger partial charge in [-0.2, -0.15) is 5.10 Å². The van der Waals surface area contributed by atoms with Gasteiger partial charge < -0.3 is 10.6 Å². The zero-order valence-electron chi connectivity index (χ0n) is 13.3. The van der Waals surface area contributed by atoms with E-state index in [4.69, 9.17) is 11.6 Å². The van der Waals surface area contributed by atoms with E-state index in [-0.39, 0.29) is 12.1 Å². The number of nitrogens with one attached hydrogen (secondary N) is 2. The molecule has 1 aromatic carbocycles. The highest BCUT2D eigenvalue weighted by molar-refractivity contribution is 6.31. The molecule has 0 spiro atoms. The van der Waals surface area contributed by atoms with Crippen molar-refractivity contribution in [2.75, 3.05) is 0 Å². The minimum atomic E-state index is -0.164. The van der Waals surface area contributed by atoms with Gasteiger partial charge in [0.2, 0.25) is 0 Å². The van der Waals surface area contributed by atoms with E-state index >= 15 is 0 Å². The van der Waals surface area contributed by atoms with Gasteiger partial charge in [0.15, 0.2) is 0 Å². The fourth-order valence-electron chi connectivity index (χ4n) is 2.79. The highest BCUT2D eigenvalue weighted by Crippen LogP contribution is 2.16. The summed E-state index contributed by atoms with van der Waals surface area (Å²) in [7, 11) is 0. The number of rotatable bonds is 3. The quantitative estimate of drug-likeness (QED) is 0.905. The van der Waals surface area contributed by atoms with E-state index in [1.807, 2.05) is 36.7 Å². The molecule has 0 saturated heterocycles. The molecule has 1 aromatic heterocycles. The lowest BCUT2D eigenvalue weighted by Gasteiger charge is -2.23. The third kappa shape index (κ3) is 3.82. The number of aryl methyl sites for hydroxylation is 3. The number of urea groups is 1. The van der Waals surface area contributed by atoms with Crippen LogP contribution >= 0.6 is 11.6 Å². The van der Waals surface area contributed by atoms with Crippen LogP contribution < -0.4 is 10.6 Å². The van der Waals surface area contributed by atoms with Gasteiger partial charge in [0.25, 0.3) is 0 Å². The molecule has 0 aliphatic carbocycles. The molecule has 2 heterocycles. The molecule has 0 saturated carbocycles. The van der Waals surface area contributed by atoms with Crippen molar-refractivity contribution < 1.29 is 4.79 Å². The molecule has 2 N–H and O–H groups in total. The summed E-state index contributed by atoms with van der Waals surface area (Å²) in [6.07, 6.45) is 1.72. The Kier molecular flexibility index (Phi) is 4.52. The monoisotopic (exact) mass is 333 g/mol. The Labute approximate surface area is 140 Å². The van der Waals surface area contributed by atoms with Gasteiger partial charge in [0.1, 0.15) is 11.6 Å². The van der Waals surface area contributed by atoms with Crippen molar-refractivity contribution in [3.05, 3.63) is 46.0 Å². The van der Waals surface area contributed by atoms with E-state index in [9.17, 15) is 4.79 Å². The van der Waals surface area contributed by atoms with Crippen molar-refractivity contribution in [2.24, 2.45) is 0 Å². The molecule has 6 nitrogen and oxygen atoms in total. The van der Waals surface area contributed by atoms with Gasteiger partial charge in [-0.05, 0) is 37.5 Å². The van der Waals surface area contributed by atoms with Gasteiger partial charge in [0.05, 0.1) is 12.6 Å². The predicted octanol–water partition coefficient (Wildman–Crippen LogP) is 2.36. The second-order valence-corrected chi connectivity index (χ2v) is 6.31. The van der Waals surface area contributed by atoms with Crippen molar-refractivity contribution in [1.29, 1.82) is 0 Å². The van der Waals surface area contributed by atoms with Gasteiger partial charge in [-0.1, -0.05) is 23.7 Å². The first kappa shape index (κ1) is 15.8. The average Bonchev–Trinajstić information content (AvgIpc) is 2.88. The van der Waals surface area contributed by atoms with Crippen LogP contribution in [-0.2, 0) is 19.5 Å². The lowest BCUT2D eigenvalue weighted by molar-refractivity contribution is 0.231. The van der Waals surface area contributed by atoms with Crippen molar-refractivity contribution in [2.45, 2.75) is 45.8 Å². The lowest BCUT2D eigenvalue weighted by Crippen LogP contribution is -2.45. The van der Waals surface area contributed by atoms with E-state index in [1.165, 1.54) is 0 Å². The zero-order valence-corrected chi connectivity index (χ0v) is 14.0. The molecule has 1 atom stereocenters. The molecular weight excluding hydrogens is 314 g/mol. The molecule has 1 aliphatic heterocycles. The second-order valence-electron chi connectivity index (χ2n) is 5.90. The van der Waals surface area contributed by atoms with Crippen molar-refractivity contribution >= 4 is 17.6 Å². The Bertz CT molecular complexity index is 727. The number of nitrogens with zero attached hydrogens (tertiary/aromatic N) is 3.